The average molecular weight is 311 g/mol. The van der Waals surface area contributed by atoms with E-state index in [1.165, 1.54) is 18.2 Å². The lowest BCUT2D eigenvalue weighted by Gasteiger charge is -2.13. The molecule has 2 rings (SSSR count). The van der Waals surface area contributed by atoms with Crippen molar-refractivity contribution in [3.8, 4) is 5.75 Å². The summed E-state index contributed by atoms with van der Waals surface area (Å²) in [6.45, 7) is 0. The van der Waals surface area contributed by atoms with E-state index in [1.807, 2.05) is 18.2 Å². The molecule has 0 aliphatic rings. The van der Waals surface area contributed by atoms with Gasteiger partial charge in [0, 0.05) is 18.1 Å². The normalized spacial score (nSPS) is 12.0. The molecular formula is C18H17NO4. The summed E-state index contributed by atoms with van der Waals surface area (Å²) < 4.78 is 0. The minimum Gasteiger partial charge on any atom is -0.507 e. The third-order valence-electron chi connectivity index (χ3n) is 3.25. The highest BCUT2D eigenvalue weighted by Crippen LogP contribution is 2.16. The number of carbonyl (C=O) groups is 2. The molecule has 0 aromatic heterocycles. The van der Waals surface area contributed by atoms with Crippen LogP contribution in [0.15, 0.2) is 60.7 Å². The van der Waals surface area contributed by atoms with Gasteiger partial charge in [0.2, 0.25) is 5.91 Å². The largest absolute Gasteiger partial charge is 0.507 e. The Labute approximate surface area is 133 Å². The number of carboxylic acids is 1. The summed E-state index contributed by atoms with van der Waals surface area (Å²) >= 11 is 0. The molecule has 0 aliphatic carbocycles. The summed E-state index contributed by atoms with van der Waals surface area (Å²) in [5.41, 5.74) is 1.31. The Hall–Kier alpha value is -3.08. The first kappa shape index (κ1) is 16.3. The Morgan fingerprint density at radius 1 is 1.04 bits per heavy atom. The van der Waals surface area contributed by atoms with Crippen LogP contribution in [0.25, 0.3) is 6.08 Å². The van der Waals surface area contributed by atoms with E-state index in [1.54, 1.807) is 30.3 Å². The lowest BCUT2D eigenvalue weighted by Crippen LogP contribution is -2.41. The highest BCUT2D eigenvalue weighted by Gasteiger charge is 2.19. The second-order valence-corrected chi connectivity index (χ2v) is 4.98. The minimum absolute atomic E-state index is 0.0515. The van der Waals surface area contributed by atoms with Gasteiger partial charge >= 0.3 is 5.97 Å². The van der Waals surface area contributed by atoms with Crippen LogP contribution >= 0.6 is 0 Å². The van der Waals surface area contributed by atoms with Crippen molar-refractivity contribution in [2.45, 2.75) is 12.5 Å². The van der Waals surface area contributed by atoms with Crippen molar-refractivity contribution in [3.05, 3.63) is 71.8 Å². The average Bonchev–Trinajstić information content (AvgIpc) is 2.54. The molecule has 0 fully saturated rings. The second kappa shape index (κ2) is 7.79. The predicted molar refractivity (Wildman–Crippen MR) is 86.9 cm³/mol. The smallest absolute Gasteiger partial charge is 0.326 e. The number of phenols is 1. The number of aliphatic carboxylic acids is 1. The first-order chi connectivity index (χ1) is 11.1. The van der Waals surface area contributed by atoms with Gasteiger partial charge in [-0.05, 0) is 17.7 Å². The van der Waals surface area contributed by atoms with Crippen molar-refractivity contribution in [2.75, 3.05) is 0 Å². The van der Waals surface area contributed by atoms with Crippen LogP contribution in [0.4, 0.5) is 0 Å². The number of rotatable bonds is 6. The molecule has 0 spiro atoms. The van der Waals surface area contributed by atoms with Crippen LogP contribution < -0.4 is 5.32 Å². The first-order valence-electron chi connectivity index (χ1n) is 7.09. The molecule has 23 heavy (non-hydrogen) atoms. The molecule has 5 heteroatoms. The third kappa shape index (κ3) is 5.00. The van der Waals surface area contributed by atoms with Crippen LogP contribution in [-0.4, -0.2) is 28.1 Å². The number of hydrogen-bond donors (Lipinski definition) is 3. The van der Waals surface area contributed by atoms with Gasteiger partial charge in [-0.15, -0.1) is 0 Å². The van der Waals surface area contributed by atoms with Crippen molar-refractivity contribution in [3.63, 3.8) is 0 Å². The summed E-state index contributed by atoms with van der Waals surface area (Å²) in [7, 11) is 0. The lowest BCUT2D eigenvalue weighted by molar-refractivity contribution is -0.141. The molecule has 3 N–H and O–H groups in total. The lowest BCUT2D eigenvalue weighted by atomic mass is 10.1. The SMILES string of the molecule is O=C(/C=C/c1ccccc1O)NC(Cc1ccccc1)C(=O)O. The van der Waals surface area contributed by atoms with Gasteiger partial charge in [0.05, 0.1) is 0 Å². The van der Waals surface area contributed by atoms with Gasteiger partial charge in [-0.1, -0.05) is 48.5 Å². The zero-order valence-electron chi connectivity index (χ0n) is 12.3. The van der Waals surface area contributed by atoms with Crippen molar-refractivity contribution in [1.29, 1.82) is 0 Å². The fourth-order valence-corrected chi connectivity index (χ4v) is 2.06. The number of hydrogen-bond acceptors (Lipinski definition) is 3. The highest BCUT2D eigenvalue weighted by molar-refractivity contribution is 5.94. The van der Waals surface area contributed by atoms with Crippen LogP contribution in [0.2, 0.25) is 0 Å². The van der Waals surface area contributed by atoms with Crippen LogP contribution in [0, 0.1) is 0 Å². The fraction of sp³-hybridized carbons (Fsp3) is 0.111. The number of para-hydroxylation sites is 1. The Bertz CT molecular complexity index is 710. The van der Waals surface area contributed by atoms with Gasteiger partial charge in [0.15, 0.2) is 0 Å². The number of carbonyl (C=O) groups excluding carboxylic acids is 1. The van der Waals surface area contributed by atoms with Gasteiger partial charge in [-0.2, -0.15) is 0 Å². The molecule has 0 saturated heterocycles. The molecule has 1 atom stereocenters. The van der Waals surface area contributed by atoms with E-state index in [4.69, 9.17) is 0 Å². The molecule has 0 aliphatic heterocycles. The number of phenolic OH excluding ortho intramolecular Hbond substituents is 1. The molecule has 5 nitrogen and oxygen atoms in total. The van der Waals surface area contributed by atoms with Crippen LogP contribution in [-0.2, 0) is 16.0 Å². The van der Waals surface area contributed by atoms with E-state index >= 15 is 0 Å². The first-order valence-corrected chi connectivity index (χ1v) is 7.09. The molecule has 2 aromatic carbocycles. The molecule has 118 valence electrons. The molecule has 1 unspecified atom stereocenters. The van der Waals surface area contributed by atoms with Crippen LogP contribution in [0.1, 0.15) is 11.1 Å². The highest BCUT2D eigenvalue weighted by atomic mass is 16.4. The van der Waals surface area contributed by atoms with Crippen molar-refractivity contribution in [1.82, 2.24) is 5.32 Å². The van der Waals surface area contributed by atoms with Crippen LogP contribution in [0.3, 0.4) is 0 Å². The Balaban J connectivity index is 2.01. The van der Waals surface area contributed by atoms with E-state index in [2.05, 4.69) is 5.32 Å². The number of amides is 1. The Morgan fingerprint density at radius 3 is 2.35 bits per heavy atom. The maximum absolute atomic E-state index is 11.9. The van der Waals surface area contributed by atoms with E-state index in [9.17, 15) is 19.8 Å². The molecule has 0 heterocycles. The zero-order chi connectivity index (χ0) is 16.7. The topological polar surface area (TPSA) is 86.6 Å². The van der Waals surface area contributed by atoms with Gasteiger partial charge < -0.3 is 15.5 Å². The molecular weight excluding hydrogens is 294 g/mol. The number of nitrogens with one attached hydrogen (secondary N) is 1. The van der Waals surface area contributed by atoms with Crippen molar-refractivity contribution < 1.29 is 19.8 Å². The molecule has 0 bridgehead atoms. The summed E-state index contributed by atoms with van der Waals surface area (Å²) in [4.78, 5) is 23.2. The van der Waals surface area contributed by atoms with E-state index in [-0.39, 0.29) is 12.2 Å². The van der Waals surface area contributed by atoms with Crippen molar-refractivity contribution >= 4 is 18.0 Å². The number of benzene rings is 2. The monoisotopic (exact) mass is 311 g/mol. The van der Waals surface area contributed by atoms with Gasteiger partial charge in [-0.25, -0.2) is 4.79 Å². The molecule has 1 amide bonds. The number of aromatic hydroxyl groups is 1. The Morgan fingerprint density at radius 2 is 1.70 bits per heavy atom. The van der Waals surface area contributed by atoms with Gasteiger partial charge in [-0.3, -0.25) is 4.79 Å². The maximum Gasteiger partial charge on any atom is 0.326 e. The van der Waals surface area contributed by atoms with E-state index in [0.29, 0.717) is 5.56 Å². The van der Waals surface area contributed by atoms with Gasteiger partial charge in [0.1, 0.15) is 11.8 Å². The fourth-order valence-electron chi connectivity index (χ4n) is 2.06. The minimum atomic E-state index is -1.10. The standard InChI is InChI=1S/C18H17NO4/c20-16-9-5-4-8-14(16)10-11-17(21)19-15(18(22)23)12-13-6-2-1-3-7-13/h1-11,15,20H,12H2,(H,19,21)(H,22,23)/b11-10+. The quantitative estimate of drug-likeness (QED) is 0.714. The van der Waals surface area contributed by atoms with Crippen LogP contribution in [0.5, 0.6) is 5.75 Å². The zero-order valence-corrected chi connectivity index (χ0v) is 12.3. The molecule has 0 saturated carbocycles. The summed E-state index contributed by atoms with van der Waals surface area (Å²) in [5, 5.41) is 21.3. The molecule has 0 radical (unpaired) electrons. The van der Waals surface area contributed by atoms with E-state index < -0.39 is 17.9 Å². The Kier molecular flexibility index (Phi) is 5.52. The van der Waals surface area contributed by atoms with Crippen molar-refractivity contribution in [2.24, 2.45) is 0 Å². The maximum atomic E-state index is 11.9. The summed E-state index contributed by atoms with van der Waals surface area (Å²) in [6.07, 6.45) is 2.84. The summed E-state index contributed by atoms with van der Waals surface area (Å²) in [5.74, 6) is -1.58. The predicted octanol–water partition coefficient (Wildman–Crippen LogP) is 2.22. The van der Waals surface area contributed by atoms with E-state index in [0.717, 1.165) is 5.56 Å². The molecule has 2 aromatic rings. The number of carboxylic acid groups (broad SMARTS) is 1. The third-order valence-corrected chi connectivity index (χ3v) is 3.25. The van der Waals surface area contributed by atoms with Gasteiger partial charge in [0.25, 0.3) is 0 Å². The second-order valence-electron chi connectivity index (χ2n) is 4.98. The summed E-state index contributed by atoms with van der Waals surface area (Å²) in [6, 6.07) is 14.6.